The van der Waals surface area contributed by atoms with Crippen molar-refractivity contribution in [2.75, 3.05) is 5.32 Å². The van der Waals surface area contributed by atoms with Gasteiger partial charge in [-0.3, -0.25) is 4.98 Å². The highest BCUT2D eigenvalue weighted by molar-refractivity contribution is 5.52. The van der Waals surface area contributed by atoms with Gasteiger partial charge in [0.25, 0.3) is 0 Å². The third kappa shape index (κ3) is 2.67. The van der Waals surface area contributed by atoms with Gasteiger partial charge in [0.15, 0.2) is 0 Å². The van der Waals surface area contributed by atoms with E-state index in [1.54, 1.807) is 6.20 Å². The highest BCUT2D eigenvalue weighted by Crippen LogP contribution is 2.16. The Bertz CT molecular complexity index is 597. The molecule has 18 heavy (non-hydrogen) atoms. The molecule has 0 aliphatic carbocycles. The molecule has 1 aromatic heterocycles. The van der Waals surface area contributed by atoms with Crippen LogP contribution in [0.15, 0.2) is 36.7 Å². The predicted molar refractivity (Wildman–Crippen MR) is 72.2 cm³/mol. The molecule has 0 fully saturated rings. The van der Waals surface area contributed by atoms with E-state index >= 15 is 0 Å². The van der Waals surface area contributed by atoms with Crippen LogP contribution in [0, 0.1) is 25.2 Å². The number of benzene rings is 1. The number of aryl methyl sites for hydroxylation is 2. The molecule has 0 saturated carbocycles. The number of pyridine rings is 1. The molecule has 1 aromatic carbocycles. The van der Waals surface area contributed by atoms with Gasteiger partial charge in [-0.15, -0.1) is 0 Å². The van der Waals surface area contributed by atoms with Crippen molar-refractivity contribution in [1.29, 1.82) is 5.26 Å². The second-order valence-electron chi connectivity index (χ2n) is 4.30. The quantitative estimate of drug-likeness (QED) is 0.891. The second-order valence-corrected chi connectivity index (χ2v) is 4.30. The maximum atomic E-state index is 8.88. The summed E-state index contributed by atoms with van der Waals surface area (Å²) in [5.74, 6) is 0. The number of rotatable bonds is 3. The van der Waals surface area contributed by atoms with E-state index in [0.717, 1.165) is 23.4 Å². The van der Waals surface area contributed by atoms with Crippen LogP contribution in [0.2, 0.25) is 0 Å². The maximum Gasteiger partial charge on any atom is 0.0994 e. The number of nitrogens with zero attached hydrogens (tertiary/aromatic N) is 2. The third-order valence-corrected chi connectivity index (χ3v) is 2.97. The first-order chi connectivity index (χ1) is 8.70. The van der Waals surface area contributed by atoms with E-state index in [9.17, 15) is 0 Å². The Hall–Kier alpha value is -2.34. The van der Waals surface area contributed by atoms with Crippen LogP contribution in [-0.4, -0.2) is 4.98 Å². The van der Waals surface area contributed by atoms with Crippen molar-refractivity contribution in [2.45, 2.75) is 20.4 Å². The predicted octanol–water partition coefficient (Wildman–Crippen LogP) is 3.18. The van der Waals surface area contributed by atoms with E-state index in [1.807, 2.05) is 44.3 Å². The summed E-state index contributed by atoms with van der Waals surface area (Å²) >= 11 is 0. The summed E-state index contributed by atoms with van der Waals surface area (Å²) in [6.07, 6.45) is 3.66. The molecule has 0 saturated heterocycles. The molecule has 0 unspecified atom stereocenters. The molecule has 90 valence electrons. The van der Waals surface area contributed by atoms with E-state index in [2.05, 4.69) is 16.4 Å². The summed E-state index contributed by atoms with van der Waals surface area (Å²) < 4.78 is 0. The van der Waals surface area contributed by atoms with E-state index < -0.39 is 0 Å². The summed E-state index contributed by atoms with van der Waals surface area (Å²) in [4.78, 5) is 4.07. The third-order valence-electron chi connectivity index (χ3n) is 2.97. The van der Waals surface area contributed by atoms with Gasteiger partial charge >= 0.3 is 0 Å². The van der Waals surface area contributed by atoms with Gasteiger partial charge in [-0.2, -0.15) is 5.26 Å². The highest BCUT2D eigenvalue weighted by Gasteiger charge is 2.00. The fraction of sp³-hybridized carbons (Fsp3) is 0.200. The monoisotopic (exact) mass is 237 g/mol. The standard InChI is InChI=1S/C15H15N3/c1-11-7-15(4-3-13(11)8-16)18-10-14-5-6-17-9-12(14)2/h3-7,9,18H,10H2,1-2H3. The van der Waals surface area contributed by atoms with Gasteiger partial charge in [-0.25, -0.2) is 0 Å². The van der Waals surface area contributed by atoms with Gasteiger partial charge in [-0.1, -0.05) is 0 Å². The van der Waals surface area contributed by atoms with Crippen molar-refractivity contribution in [3.05, 3.63) is 58.9 Å². The summed E-state index contributed by atoms with van der Waals surface area (Å²) in [7, 11) is 0. The molecule has 2 rings (SSSR count). The molecule has 1 N–H and O–H groups in total. The van der Waals surface area contributed by atoms with Gasteiger partial charge in [0, 0.05) is 24.6 Å². The average molecular weight is 237 g/mol. The molecule has 0 amide bonds. The van der Waals surface area contributed by atoms with Crippen LogP contribution in [0.3, 0.4) is 0 Å². The Morgan fingerprint density at radius 3 is 2.72 bits per heavy atom. The fourth-order valence-corrected chi connectivity index (χ4v) is 1.80. The summed E-state index contributed by atoms with van der Waals surface area (Å²) in [6, 6.07) is 9.95. The zero-order chi connectivity index (χ0) is 13.0. The van der Waals surface area contributed by atoms with Crippen LogP contribution in [-0.2, 0) is 6.54 Å². The number of hydrogen-bond acceptors (Lipinski definition) is 3. The van der Waals surface area contributed by atoms with Crippen molar-refractivity contribution >= 4 is 5.69 Å². The average Bonchev–Trinajstić information content (AvgIpc) is 2.38. The Kier molecular flexibility index (Phi) is 3.59. The molecule has 0 atom stereocenters. The highest BCUT2D eigenvalue weighted by atomic mass is 14.9. The first-order valence-corrected chi connectivity index (χ1v) is 5.85. The lowest BCUT2D eigenvalue weighted by molar-refractivity contribution is 1.09. The lowest BCUT2D eigenvalue weighted by Crippen LogP contribution is -2.02. The molecule has 1 heterocycles. The Balaban J connectivity index is 2.10. The first-order valence-electron chi connectivity index (χ1n) is 5.85. The summed E-state index contributed by atoms with van der Waals surface area (Å²) in [5, 5.41) is 12.2. The molecule has 0 aliphatic heterocycles. The number of aromatic nitrogens is 1. The van der Waals surface area contributed by atoms with Crippen LogP contribution < -0.4 is 5.32 Å². The van der Waals surface area contributed by atoms with Crippen LogP contribution >= 0.6 is 0 Å². The number of nitrogens with one attached hydrogen (secondary N) is 1. The minimum Gasteiger partial charge on any atom is -0.381 e. The zero-order valence-electron chi connectivity index (χ0n) is 10.6. The molecule has 0 radical (unpaired) electrons. The Labute approximate surface area is 107 Å². The molecular weight excluding hydrogens is 222 g/mol. The fourth-order valence-electron chi connectivity index (χ4n) is 1.80. The SMILES string of the molecule is Cc1cc(NCc2ccncc2C)ccc1C#N. The van der Waals surface area contributed by atoms with Crippen LogP contribution in [0.25, 0.3) is 0 Å². The van der Waals surface area contributed by atoms with Crippen molar-refractivity contribution in [3.8, 4) is 6.07 Å². The van der Waals surface area contributed by atoms with Crippen molar-refractivity contribution in [1.82, 2.24) is 4.98 Å². The van der Waals surface area contributed by atoms with Gasteiger partial charge in [0.2, 0.25) is 0 Å². The molecule has 0 bridgehead atoms. The van der Waals surface area contributed by atoms with E-state index in [-0.39, 0.29) is 0 Å². The van der Waals surface area contributed by atoms with Crippen molar-refractivity contribution < 1.29 is 0 Å². The zero-order valence-corrected chi connectivity index (χ0v) is 10.6. The molecule has 3 nitrogen and oxygen atoms in total. The first kappa shape index (κ1) is 12.1. The molecule has 3 heteroatoms. The lowest BCUT2D eigenvalue weighted by Gasteiger charge is -2.09. The minimum absolute atomic E-state index is 0.723. The van der Waals surface area contributed by atoms with Crippen LogP contribution in [0.5, 0.6) is 0 Å². The largest absolute Gasteiger partial charge is 0.381 e. The smallest absolute Gasteiger partial charge is 0.0994 e. The molecule has 0 aliphatic rings. The molecule has 2 aromatic rings. The van der Waals surface area contributed by atoms with E-state index in [4.69, 9.17) is 5.26 Å². The van der Waals surface area contributed by atoms with Gasteiger partial charge < -0.3 is 5.32 Å². The van der Waals surface area contributed by atoms with Gasteiger partial charge in [-0.05, 0) is 54.8 Å². The Morgan fingerprint density at radius 2 is 2.06 bits per heavy atom. The molecule has 0 spiro atoms. The van der Waals surface area contributed by atoms with E-state index in [1.165, 1.54) is 11.1 Å². The normalized spacial score (nSPS) is 9.83. The van der Waals surface area contributed by atoms with Crippen LogP contribution in [0.4, 0.5) is 5.69 Å². The van der Waals surface area contributed by atoms with Crippen molar-refractivity contribution in [2.24, 2.45) is 0 Å². The van der Waals surface area contributed by atoms with E-state index in [0.29, 0.717) is 0 Å². The maximum absolute atomic E-state index is 8.88. The van der Waals surface area contributed by atoms with Gasteiger partial charge in [0.1, 0.15) is 0 Å². The van der Waals surface area contributed by atoms with Crippen LogP contribution in [0.1, 0.15) is 22.3 Å². The number of hydrogen-bond donors (Lipinski definition) is 1. The topological polar surface area (TPSA) is 48.7 Å². The summed E-state index contributed by atoms with van der Waals surface area (Å²) in [6.45, 7) is 4.76. The lowest BCUT2D eigenvalue weighted by atomic mass is 10.1. The van der Waals surface area contributed by atoms with Crippen molar-refractivity contribution in [3.63, 3.8) is 0 Å². The minimum atomic E-state index is 0.723. The second kappa shape index (κ2) is 5.33. The number of nitriles is 1. The Morgan fingerprint density at radius 1 is 1.22 bits per heavy atom. The number of anilines is 1. The van der Waals surface area contributed by atoms with Gasteiger partial charge in [0.05, 0.1) is 11.6 Å². The molecular formula is C15H15N3. The summed E-state index contributed by atoms with van der Waals surface area (Å²) in [5.41, 5.74) is 5.15.